The molecule has 0 aromatic carbocycles. The third-order valence-corrected chi connectivity index (χ3v) is 6.11. The highest BCUT2D eigenvalue weighted by molar-refractivity contribution is 7.89. The highest BCUT2D eigenvalue weighted by atomic mass is 32.2. The fourth-order valence-corrected chi connectivity index (χ4v) is 4.90. The van der Waals surface area contributed by atoms with Crippen molar-refractivity contribution in [1.82, 2.24) is 4.72 Å². The first-order chi connectivity index (χ1) is 9.26. The topological polar surface area (TPSA) is 72.2 Å². The largest absolute Gasteiger partial charge is 0.326 e. The smallest absolute Gasteiger partial charge is 0.241 e. The molecule has 0 aliphatic carbocycles. The third-order valence-electron chi connectivity index (χ3n) is 3.19. The van der Waals surface area contributed by atoms with E-state index in [0.717, 1.165) is 29.0 Å². The summed E-state index contributed by atoms with van der Waals surface area (Å²) in [5, 5.41) is 0. The Labute approximate surface area is 126 Å². The maximum absolute atomic E-state index is 12.3. The van der Waals surface area contributed by atoms with Gasteiger partial charge in [0.2, 0.25) is 10.0 Å². The van der Waals surface area contributed by atoms with Gasteiger partial charge in [-0.3, -0.25) is 0 Å². The highest BCUT2D eigenvalue weighted by Crippen LogP contribution is 2.25. The number of thiophene rings is 1. The van der Waals surface area contributed by atoms with Gasteiger partial charge in [-0.05, 0) is 32.3 Å². The molecule has 1 rings (SSSR count). The first kappa shape index (κ1) is 17.6. The molecule has 0 aliphatic heterocycles. The number of nitrogens with one attached hydrogen (secondary N) is 1. The lowest BCUT2D eigenvalue weighted by molar-refractivity contribution is 0.488. The van der Waals surface area contributed by atoms with E-state index in [4.69, 9.17) is 5.73 Å². The Bertz CT molecular complexity index is 521. The maximum atomic E-state index is 12.3. The summed E-state index contributed by atoms with van der Waals surface area (Å²) in [7, 11) is -3.43. The Morgan fingerprint density at radius 2 is 1.95 bits per heavy atom. The summed E-state index contributed by atoms with van der Waals surface area (Å²) in [6, 6.07) is 1.64. The van der Waals surface area contributed by atoms with Crippen molar-refractivity contribution in [3.8, 4) is 0 Å². The predicted molar refractivity (Wildman–Crippen MR) is 85.4 cm³/mol. The number of nitrogens with two attached hydrogens (primary N) is 1. The number of sulfonamides is 1. The van der Waals surface area contributed by atoms with Crippen LogP contribution in [0.3, 0.4) is 0 Å². The molecule has 1 unspecified atom stereocenters. The summed E-state index contributed by atoms with van der Waals surface area (Å²) >= 11 is 1.45. The summed E-state index contributed by atoms with van der Waals surface area (Å²) in [6.45, 7) is 8.48. The van der Waals surface area contributed by atoms with E-state index < -0.39 is 10.0 Å². The van der Waals surface area contributed by atoms with Crippen LogP contribution in [0.25, 0.3) is 0 Å². The van der Waals surface area contributed by atoms with Crippen molar-refractivity contribution in [3.63, 3.8) is 0 Å². The lowest BCUT2D eigenvalue weighted by Gasteiger charge is -2.14. The van der Waals surface area contributed by atoms with Crippen LogP contribution in [0.2, 0.25) is 0 Å². The molecule has 1 aromatic heterocycles. The van der Waals surface area contributed by atoms with Crippen molar-refractivity contribution in [2.45, 2.75) is 64.4 Å². The minimum absolute atomic E-state index is 0.0422. The molecule has 0 saturated carbocycles. The van der Waals surface area contributed by atoms with Gasteiger partial charge in [-0.2, -0.15) is 0 Å². The lowest BCUT2D eigenvalue weighted by Crippen LogP contribution is -2.32. The van der Waals surface area contributed by atoms with E-state index in [0.29, 0.717) is 17.4 Å². The molecule has 0 radical (unpaired) electrons. The van der Waals surface area contributed by atoms with Crippen LogP contribution < -0.4 is 10.5 Å². The van der Waals surface area contributed by atoms with Crippen LogP contribution in [0.15, 0.2) is 11.0 Å². The van der Waals surface area contributed by atoms with Gasteiger partial charge in [-0.1, -0.05) is 26.7 Å². The van der Waals surface area contributed by atoms with E-state index in [2.05, 4.69) is 18.6 Å². The van der Waals surface area contributed by atoms with Crippen molar-refractivity contribution in [2.75, 3.05) is 0 Å². The minimum Gasteiger partial charge on any atom is -0.326 e. The van der Waals surface area contributed by atoms with Gasteiger partial charge in [0.25, 0.3) is 0 Å². The molecule has 0 aliphatic rings. The molecule has 1 aromatic rings. The summed E-state index contributed by atoms with van der Waals surface area (Å²) in [6.07, 6.45) is 3.03. The van der Waals surface area contributed by atoms with Crippen LogP contribution in [-0.4, -0.2) is 14.5 Å². The number of aryl methyl sites for hydroxylation is 1. The molecular weight excluding hydrogens is 292 g/mol. The molecule has 1 heterocycles. The van der Waals surface area contributed by atoms with Crippen molar-refractivity contribution >= 4 is 21.4 Å². The molecule has 20 heavy (non-hydrogen) atoms. The van der Waals surface area contributed by atoms with Gasteiger partial charge in [0.15, 0.2) is 0 Å². The molecule has 0 spiro atoms. The molecule has 6 heteroatoms. The van der Waals surface area contributed by atoms with Crippen LogP contribution >= 0.6 is 11.3 Å². The van der Waals surface area contributed by atoms with Crippen LogP contribution in [0, 0.1) is 12.8 Å². The first-order valence-electron chi connectivity index (χ1n) is 7.08. The quantitative estimate of drug-likeness (QED) is 0.774. The summed E-state index contributed by atoms with van der Waals surface area (Å²) in [5.74, 6) is 0.657. The third kappa shape index (κ3) is 5.16. The lowest BCUT2D eigenvalue weighted by atomic mass is 10.0. The van der Waals surface area contributed by atoms with Gasteiger partial charge in [-0.15, -0.1) is 11.3 Å². The Hall–Kier alpha value is -0.430. The Morgan fingerprint density at radius 3 is 2.45 bits per heavy atom. The Morgan fingerprint density at radius 1 is 1.30 bits per heavy atom. The fourth-order valence-electron chi connectivity index (χ4n) is 2.11. The average Bonchev–Trinajstić information content (AvgIpc) is 2.70. The van der Waals surface area contributed by atoms with Gasteiger partial charge >= 0.3 is 0 Å². The standard InChI is InChI=1S/C14H26N2O2S2/c1-10(2)6-5-7-11(3)16-20(17,18)14-8-13(9-15)19-12(14)4/h8,10-11,16H,5-7,9,15H2,1-4H3. The molecule has 3 N–H and O–H groups in total. The van der Waals surface area contributed by atoms with Crippen molar-refractivity contribution < 1.29 is 8.42 Å². The van der Waals surface area contributed by atoms with E-state index in [-0.39, 0.29) is 6.04 Å². The maximum Gasteiger partial charge on any atom is 0.241 e. The van der Waals surface area contributed by atoms with Crippen LogP contribution in [0.4, 0.5) is 0 Å². The molecule has 116 valence electrons. The van der Waals surface area contributed by atoms with Crippen molar-refractivity contribution in [1.29, 1.82) is 0 Å². The van der Waals surface area contributed by atoms with Crippen LogP contribution in [0.1, 0.15) is 49.8 Å². The van der Waals surface area contributed by atoms with Crippen LogP contribution in [-0.2, 0) is 16.6 Å². The van der Waals surface area contributed by atoms with E-state index in [1.807, 2.05) is 13.8 Å². The molecule has 4 nitrogen and oxygen atoms in total. The SMILES string of the molecule is Cc1sc(CN)cc1S(=O)(=O)NC(C)CCCC(C)C. The Balaban J connectivity index is 2.66. The summed E-state index contributed by atoms with van der Waals surface area (Å²) in [5.41, 5.74) is 5.57. The number of rotatable bonds is 8. The second-order valence-electron chi connectivity index (χ2n) is 5.68. The van der Waals surface area contributed by atoms with Gasteiger partial charge < -0.3 is 5.73 Å². The van der Waals surface area contributed by atoms with Crippen molar-refractivity contribution in [3.05, 3.63) is 15.8 Å². The van der Waals surface area contributed by atoms with Gasteiger partial charge in [-0.25, -0.2) is 13.1 Å². The zero-order chi connectivity index (χ0) is 15.3. The normalized spacial score (nSPS) is 13.9. The zero-order valence-corrected chi connectivity index (χ0v) is 14.4. The second kappa shape index (κ2) is 7.54. The average molecular weight is 319 g/mol. The van der Waals surface area contributed by atoms with E-state index in [1.54, 1.807) is 6.07 Å². The summed E-state index contributed by atoms with van der Waals surface area (Å²) in [4.78, 5) is 2.07. The number of hydrogen-bond donors (Lipinski definition) is 2. The highest BCUT2D eigenvalue weighted by Gasteiger charge is 2.21. The fraction of sp³-hybridized carbons (Fsp3) is 0.714. The van der Waals surface area contributed by atoms with Crippen LogP contribution in [0.5, 0.6) is 0 Å². The Kier molecular flexibility index (Phi) is 6.64. The van der Waals surface area contributed by atoms with Gasteiger partial charge in [0.1, 0.15) is 0 Å². The van der Waals surface area contributed by atoms with E-state index >= 15 is 0 Å². The predicted octanol–water partition coefficient (Wildman–Crippen LogP) is 3.01. The molecule has 0 bridgehead atoms. The van der Waals surface area contributed by atoms with Crippen molar-refractivity contribution in [2.24, 2.45) is 11.7 Å². The minimum atomic E-state index is -3.43. The molecule has 0 saturated heterocycles. The first-order valence-corrected chi connectivity index (χ1v) is 9.38. The molecular formula is C14H26N2O2S2. The molecule has 0 fully saturated rings. The van der Waals surface area contributed by atoms with E-state index in [1.165, 1.54) is 11.3 Å². The van der Waals surface area contributed by atoms with Gasteiger partial charge in [0, 0.05) is 22.3 Å². The monoisotopic (exact) mass is 318 g/mol. The second-order valence-corrected chi connectivity index (χ2v) is 8.71. The van der Waals surface area contributed by atoms with E-state index in [9.17, 15) is 8.42 Å². The molecule has 1 atom stereocenters. The number of hydrogen-bond acceptors (Lipinski definition) is 4. The zero-order valence-electron chi connectivity index (χ0n) is 12.8. The van der Waals surface area contributed by atoms with Gasteiger partial charge in [0.05, 0.1) is 4.90 Å². The molecule has 0 amide bonds. The summed E-state index contributed by atoms with van der Waals surface area (Å²) < 4.78 is 27.5.